The molecule has 0 radical (unpaired) electrons. The lowest BCUT2D eigenvalue weighted by Gasteiger charge is -2.08. The summed E-state index contributed by atoms with van der Waals surface area (Å²) in [6.07, 6.45) is 4.80. The van der Waals surface area contributed by atoms with Gasteiger partial charge in [-0.1, -0.05) is 6.07 Å². The predicted octanol–water partition coefficient (Wildman–Crippen LogP) is 2.28. The fourth-order valence-corrected chi connectivity index (χ4v) is 1.11. The summed E-state index contributed by atoms with van der Waals surface area (Å²) in [5.41, 5.74) is 0.525. The first-order valence-electron chi connectivity index (χ1n) is 4.69. The van der Waals surface area contributed by atoms with Crippen molar-refractivity contribution in [1.29, 1.82) is 0 Å². The molecule has 0 heterocycles. The smallest absolute Gasteiger partial charge is 0.165 e. The van der Waals surface area contributed by atoms with Crippen LogP contribution in [0.2, 0.25) is 0 Å². The van der Waals surface area contributed by atoms with E-state index in [-0.39, 0.29) is 5.75 Å². The van der Waals surface area contributed by atoms with E-state index in [0.717, 1.165) is 0 Å². The second-order valence-electron chi connectivity index (χ2n) is 3.17. The van der Waals surface area contributed by atoms with Crippen LogP contribution in [0.25, 0.3) is 0 Å². The highest BCUT2D eigenvalue weighted by Gasteiger charge is 2.07. The Balaban J connectivity index is 2.71. The minimum absolute atomic E-state index is 0.162. The molecule has 0 bridgehead atoms. The molecule has 0 spiro atoms. The SMILES string of the molecule is C#CCCOc1ccc(C(C)O)cc1F. The van der Waals surface area contributed by atoms with Gasteiger partial charge in [-0.3, -0.25) is 0 Å². The lowest BCUT2D eigenvalue weighted by atomic mass is 10.1. The lowest BCUT2D eigenvalue weighted by Crippen LogP contribution is -1.99. The highest BCUT2D eigenvalue weighted by Crippen LogP contribution is 2.21. The Morgan fingerprint density at radius 2 is 2.33 bits per heavy atom. The second-order valence-corrected chi connectivity index (χ2v) is 3.17. The van der Waals surface area contributed by atoms with Gasteiger partial charge in [0.25, 0.3) is 0 Å². The molecule has 0 saturated heterocycles. The van der Waals surface area contributed by atoms with Crippen LogP contribution in [0.15, 0.2) is 18.2 Å². The van der Waals surface area contributed by atoms with Gasteiger partial charge in [-0.05, 0) is 24.6 Å². The molecule has 1 aromatic carbocycles. The van der Waals surface area contributed by atoms with Crippen LogP contribution in [0.4, 0.5) is 4.39 Å². The largest absolute Gasteiger partial charge is 0.490 e. The number of aliphatic hydroxyl groups is 1. The quantitative estimate of drug-likeness (QED) is 0.607. The first kappa shape index (κ1) is 11.5. The first-order chi connectivity index (χ1) is 7.15. The average molecular weight is 208 g/mol. The second kappa shape index (κ2) is 5.38. The Morgan fingerprint density at radius 1 is 1.60 bits per heavy atom. The number of ether oxygens (including phenoxy) is 1. The molecule has 0 fully saturated rings. The van der Waals surface area contributed by atoms with Crippen molar-refractivity contribution in [2.75, 3.05) is 6.61 Å². The molecule has 2 nitrogen and oxygen atoms in total. The molecular weight excluding hydrogens is 195 g/mol. The third-order valence-corrected chi connectivity index (χ3v) is 1.94. The average Bonchev–Trinajstić information content (AvgIpc) is 2.20. The Labute approximate surface area is 88.7 Å². The molecule has 0 aromatic heterocycles. The highest BCUT2D eigenvalue weighted by atomic mass is 19.1. The summed E-state index contributed by atoms with van der Waals surface area (Å²) in [7, 11) is 0. The number of hydrogen-bond acceptors (Lipinski definition) is 2. The van der Waals surface area contributed by atoms with Crippen LogP contribution >= 0.6 is 0 Å². The number of hydrogen-bond donors (Lipinski definition) is 1. The molecule has 3 heteroatoms. The zero-order chi connectivity index (χ0) is 11.3. The highest BCUT2D eigenvalue weighted by molar-refractivity contribution is 5.30. The van der Waals surface area contributed by atoms with Gasteiger partial charge in [0.1, 0.15) is 0 Å². The van der Waals surface area contributed by atoms with Crippen LogP contribution in [-0.4, -0.2) is 11.7 Å². The van der Waals surface area contributed by atoms with Crippen molar-refractivity contribution in [3.05, 3.63) is 29.6 Å². The van der Waals surface area contributed by atoms with E-state index in [2.05, 4.69) is 5.92 Å². The summed E-state index contributed by atoms with van der Waals surface area (Å²) in [4.78, 5) is 0. The van der Waals surface area contributed by atoms with Crippen molar-refractivity contribution in [1.82, 2.24) is 0 Å². The van der Waals surface area contributed by atoms with E-state index >= 15 is 0 Å². The van der Waals surface area contributed by atoms with Crippen LogP contribution in [0, 0.1) is 18.2 Å². The van der Waals surface area contributed by atoms with Crippen LogP contribution in [0.1, 0.15) is 25.0 Å². The standard InChI is InChI=1S/C12H13FO2/c1-3-4-7-15-12-6-5-10(9(2)14)8-11(12)13/h1,5-6,8-9,14H,4,7H2,2H3. The fraction of sp³-hybridized carbons (Fsp3) is 0.333. The molecule has 15 heavy (non-hydrogen) atoms. The first-order valence-corrected chi connectivity index (χ1v) is 4.69. The maximum Gasteiger partial charge on any atom is 0.165 e. The number of terminal acetylenes is 1. The normalized spacial score (nSPS) is 11.9. The third-order valence-electron chi connectivity index (χ3n) is 1.94. The summed E-state index contributed by atoms with van der Waals surface area (Å²) in [5, 5.41) is 9.22. The van der Waals surface area contributed by atoms with Gasteiger partial charge in [0.05, 0.1) is 12.7 Å². The Kier molecular flexibility index (Phi) is 4.14. The molecule has 1 N–H and O–H groups in total. The van der Waals surface area contributed by atoms with Gasteiger partial charge < -0.3 is 9.84 Å². The minimum atomic E-state index is -0.681. The maximum atomic E-state index is 13.3. The molecule has 80 valence electrons. The monoisotopic (exact) mass is 208 g/mol. The van der Waals surface area contributed by atoms with E-state index in [1.807, 2.05) is 0 Å². The summed E-state index contributed by atoms with van der Waals surface area (Å²) >= 11 is 0. The molecular formula is C12H13FO2. The molecule has 0 amide bonds. The van der Waals surface area contributed by atoms with Gasteiger partial charge in [0, 0.05) is 6.42 Å². The van der Waals surface area contributed by atoms with Gasteiger partial charge in [-0.2, -0.15) is 0 Å². The van der Waals surface area contributed by atoms with Crippen molar-refractivity contribution in [2.45, 2.75) is 19.4 Å². The molecule has 1 unspecified atom stereocenters. The van der Waals surface area contributed by atoms with E-state index in [1.54, 1.807) is 13.0 Å². The molecule has 0 saturated carbocycles. The molecule has 1 rings (SSSR count). The van der Waals surface area contributed by atoms with Crippen LogP contribution in [0.3, 0.4) is 0 Å². The third kappa shape index (κ3) is 3.26. The fourth-order valence-electron chi connectivity index (χ4n) is 1.11. The van der Waals surface area contributed by atoms with Crippen molar-refractivity contribution in [3.8, 4) is 18.1 Å². The van der Waals surface area contributed by atoms with Crippen molar-refractivity contribution >= 4 is 0 Å². The van der Waals surface area contributed by atoms with Crippen LogP contribution in [-0.2, 0) is 0 Å². The Hall–Kier alpha value is -1.53. The molecule has 0 aliphatic carbocycles. The molecule has 0 aliphatic rings. The van der Waals surface area contributed by atoms with Gasteiger partial charge in [0.2, 0.25) is 0 Å². The summed E-state index contributed by atoms with van der Waals surface area (Å²) in [6.45, 7) is 1.87. The molecule has 1 aromatic rings. The van der Waals surface area contributed by atoms with E-state index < -0.39 is 11.9 Å². The van der Waals surface area contributed by atoms with Crippen LogP contribution in [0.5, 0.6) is 5.75 Å². The van der Waals surface area contributed by atoms with Gasteiger partial charge >= 0.3 is 0 Å². The zero-order valence-corrected chi connectivity index (χ0v) is 8.53. The van der Waals surface area contributed by atoms with E-state index in [0.29, 0.717) is 18.6 Å². The zero-order valence-electron chi connectivity index (χ0n) is 8.53. The number of halogens is 1. The van der Waals surface area contributed by atoms with E-state index in [9.17, 15) is 9.50 Å². The van der Waals surface area contributed by atoms with E-state index in [1.165, 1.54) is 12.1 Å². The van der Waals surface area contributed by atoms with Crippen LogP contribution < -0.4 is 4.74 Å². The van der Waals surface area contributed by atoms with Gasteiger partial charge in [-0.15, -0.1) is 12.3 Å². The summed E-state index contributed by atoms with van der Waals surface area (Å²) in [5.74, 6) is 2.08. The number of rotatable bonds is 4. The lowest BCUT2D eigenvalue weighted by molar-refractivity contribution is 0.198. The van der Waals surface area contributed by atoms with Crippen molar-refractivity contribution < 1.29 is 14.2 Å². The Bertz CT molecular complexity index is 366. The minimum Gasteiger partial charge on any atom is -0.490 e. The maximum absolute atomic E-state index is 13.3. The molecule has 0 aliphatic heterocycles. The predicted molar refractivity (Wildman–Crippen MR) is 56.0 cm³/mol. The van der Waals surface area contributed by atoms with Gasteiger partial charge in [0.15, 0.2) is 11.6 Å². The number of benzene rings is 1. The van der Waals surface area contributed by atoms with Crippen molar-refractivity contribution in [3.63, 3.8) is 0 Å². The topological polar surface area (TPSA) is 29.5 Å². The van der Waals surface area contributed by atoms with E-state index in [4.69, 9.17) is 11.2 Å². The summed E-state index contributed by atoms with van der Waals surface area (Å²) < 4.78 is 18.5. The summed E-state index contributed by atoms with van der Waals surface area (Å²) in [6, 6.07) is 4.38. The van der Waals surface area contributed by atoms with Crippen molar-refractivity contribution in [2.24, 2.45) is 0 Å². The van der Waals surface area contributed by atoms with Gasteiger partial charge in [-0.25, -0.2) is 4.39 Å². The Morgan fingerprint density at radius 3 is 2.87 bits per heavy atom. The number of aliphatic hydroxyl groups excluding tert-OH is 1. The molecule has 1 atom stereocenters.